The van der Waals surface area contributed by atoms with Gasteiger partial charge in [-0.2, -0.15) is 0 Å². The fourth-order valence-corrected chi connectivity index (χ4v) is 3.49. The zero-order valence-electron chi connectivity index (χ0n) is 11.2. The van der Waals surface area contributed by atoms with Crippen molar-refractivity contribution in [2.24, 2.45) is 0 Å². The lowest BCUT2D eigenvalue weighted by atomic mass is 10.0. The SMILES string of the molecule is Cc1cscc1NC(=O)NC1(C2CCCCO2)CC1. The summed E-state index contributed by atoms with van der Waals surface area (Å²) < 4.78 is 5.82. The molecule has 0 aromatic carbocycles. The summed E-state index contributed by atoms with van der Waals surface area (Å²) in [6.45, 7) is 2.84. The van der Waals surface area contributed by atoms with Gasteiger partial charge in [0, 0.05) is 12.0 Å². The molecule has 1 aliphatic heterocycles. The molecule has 0 radical (unpaired) electrons. The first kappa shape index (κ1) is 12.9. The summed E-state index contributed by atoms with van der Waals surface area (Å²) >= 11 is 1.60. The molecule has 4 nitrogen and oxygen atoms in total. The minimum Gasteiger partial charge on any atom is -0.376 e. The molecule has 2 amide bonds. The number of carbonyl (C=O) groups excluding carboxylic acids is 1. The van der Waals surface area contributed by atoms with Crippen LogP contribution in [0.1, 0.15) is 37.7 Å². The smallest absolute Gasteiger partial charge is 0.319 e. The van der Waals surface area contributed by atoms with Crippen LogP contribution < -0.4 is 10.6 Å². The Hall–Kier alpha value is -1.07. The Morgan fingerprint density at radius 3 is 2.84 bits per heavy atom. The molecular weight excluding hydrogens is 260 g/mol. The molecule has 19 heavy (non-hydrogen) atoms. The summed E-state index contributed by atoms with van der Waals surface area (Å²) in [4.78, 5) is 12.1. The van der Waals surface area contributed by atoms with Gasteiger partial charge in [0.25, 0.3) is 0 Å². The molecule has 5 heteroatoms. The van der Waals surface area contributed by atoms with E-state index in [0.29, 0.717) is 0 Å². The molecule has 1 unspecified atom stereocenters. The maximum Gasteiger partial charge on any atom is 0.319 e. The quantitative estimate of drug-likeness (QED) is 0.892. The number of amides is 2. The fraction of sp³-hybridized carbons (Fsp3) is 0.643. The van der Waals surface area contributed by atoms with Crippen LogP contribution in [0.5, 0.6) is 0 Å². The number of hydrogen-bond acceptors (Lipinski definition) is 3. The average Bonchev–Trinajstić information content (AvgIpc) is 3.09. The van der Waals surface area contributed by atoms with Gasteiger partial charge in [0.1, 0.15) is 0 Å². The van der Waals surface area contributed by atoms with Crippen LogP contribution in [0.25, 0.3) is 0 Å². The lowest BCUT2D eigenvalue weighted by Gasteiger charge is -2.31. The molecule has 2 N–H and O–H groups in total. The predicted molar refractivity (Wildman–Crippen MR) is 76.8 cm³/mol. The van der Waals surface area contributed by atoms with Gasteiger partial charge in [-0.05, 0) is 50.0 Å². The topological polar surface area (TPSA) is 50.4 Å². The number of urea groups is 1. The Morgan fingerprint density at radius 1 is 1.42 bits per heavy atom. The lowest BCUT2D eigenvalue weighted by Crippen LogP contribution is -2.49. The first-order valence-corrected chi connectivity index (χ1v) is 7.87. The maximum absolute atomic E-state index is 12.1. The Labute approximate surface area is 117 Å². The zero-order chi connectivity index (χ0) is 13.3. The average molecular weight is 280 g/mol. The van der Waals surface area contributed by atoms with Crippen LogP contribution in [0.2, 0.25) is 0 Å². The highest BCUT2D eigenvalue weighted by Gasteiger charge is 2.51. The van der Waals surface area contributed by atoms with Gasteiger partial charge in [-0.3, -0.25) is 0 Å². The van der Waals surface area contributed by atoms with Crippen molar-refractivity contribution in [3.05, 3.63) is 16.3 Å². The van der Waals surface area contributed by atoms with Crippen molar-refractivity contribution in [3.63, 3.8) is 0 Å². The molecule has 1 aromatic heterocycles. The van der Waals surface area contributed by atoms with Crippen molar-refractivity contribution in [3.8, 4) is 0 Å². The van der Waals surface area contributed by atoms with Gasteiger partial charge < -0.3 is 15.4 Å². The Balaban J connectivity index is 1.58. The van der Waals surface area contributed by atoms with E-state index >= 15 is 0 Å². The third-order valence-electron chi connectivity index (χ3n) is 4.05. The normalized spacial score (nSPS) is 24.8. The predicted octanol–water partition coefficient (Wildman–Crippen LogP) is 3.28. The van der Waals surface area contributed by atoms with Crippen LogP contribution in [-0.4, -0.2) is 24.3 Å². The molecule has 1 saturated heterocycles. The molecule has 2 aliphatic rings. The van der Waals surface area contributed by atoms with Crippen LogP contribution in [0.15, 0.2) is 10.8 Å². The number of anilines is 1. The molecule has 3 rings (SSSR count). The van der Waals surface area contributed by atoms with E-state index < -0.39 is 0 Å². The largest absolute Gasteiger partial charge is 0.376 e. The van der Waals surface area contributed by atoms with Gasteiger partial charge in [-0.1, -0.05) is 0 Å². The van der Waals surface area contributed by atoms with E-state index in [1.165, 1.54) is 6.42 Å². The summed E-state index contributed by atoms with van der Waals surface area (Å²) in [5.74, 6) is 0. The van der Waals surface area contributed by atoms with Crippen LogP contribution >= 0.6 is 11.3 Å². The van der Waals surface area contributed by atoms with E-state index in [4.69, 9.17) is 4.74 Å². The van der Waals surface area contributed by atoms with Crippen molar-refractivity contribution < 1.29 is 9.53 Å². The standard InChI is InChI=1S/C14H20N2O2S/c1-10-8-19-9-11(10)15-13(17)16-14(5-6-14)12-4-2-3-7-18-12/h8-9,12H,2-7H2,1H3,(H2,15,16,17). The number of aryl methyl sites for hydroxylation is 1. The number of rotatable bonds is 3. The van der Waals surface area contributed by atoms with Crippen molar-refractivity contribution in [2.45, 2.75) is 50.7 Å². The summed E-state index contributed by atoms with van der Waals surface area (Å²) in [6.07, 6.45) is 5.70. The molecule has 2 fully saturated rings. The van der Waals surface area contributed by atoms with Gasteiger partial charge in [-0.15, -0.1) is 11.3 Å². The van der Waals surface area contributed by atoms with Crippen molar-refractivity contribution >= 4 is 23.1 Å². The molecule has 0 spiro atoms. The van der Waals surface area contributed by atoms with Gasteiger partial charge in [0.15, 0.2) is 0 Å². The molecular formula is C14H20N2O2S. The van der Waals surface area contributed by atoms with Crippen molar-refractivity contribution in [2.75, 3.05) is 11.9 Å². The van der Waals surface area contributed by atoms with Gasteiger partial charge in [0.05, 0.1) is 17.3 Å². The summed E-state index contributed by atoms with van der Waals surface area (Å²) in [7, 11) is 0. The second-order valence-electron chi connectivity index (χ2n) is 5.56. The summed E-state index contributed by atoms with van der Waals surface area (Å²) in [6, 6.07) is -0.104. The first-order chi connectivity index (χ1) is 9.20. The molecule has 1 saturated carbocycles. The highest BCUT2D eigenvalue weighted by atomic mass is 32.1. The van der Waals surface area contributed by atoms with Gasteiger partial charge in [0.2, 0.25) is 0 Å². The van der Waals surface area contributed by atoms with Crippen molar-refractivity contribution in [1.82, 2.24) is 5.32 Å². The third-order valence-corrected chi connectivity index (χ3v) is 4.91. The molecule has 1 aliphatic carbocycles. The van der Waals surface area contributed by atoms with Crippen LogP contribution in [-0.2, 0) is 4.74 Å². The minimum absolute atomic E-state index is 0.103. The Bertz CT molecular complexity index is 462. The Morgan fingerprint density at radius 2 is 2.26 bits per heavy atom. The van der Waals surface area contributed by atoms with Crippen LogP contribution in [0.4, 0.5) is 10.5 Å². The van der Waals surface area contributed by atoms with Crippen LogP contribution in [0.3, 0.4) is 0 Å². The fourth-order valence-electron chi connectivity index (χ4n) is 2.71. The van der Waals surface area contributed by atoms with E-state index in [2.05, 4.69) is 10.6 Å². The van der Waals surface area contributed by atoms with Crippen molar-refractivity contribution in [1.29, 1.82) is 0 Å². The van der Waals surface area contributed by atoms with Gasteiger partial charge >= 0.3 is 6.03 Å². The van der Waals surface area contributed by atoms with E-state index in [-0.39, 0.29) is 17.7 Å². The monoisotopic (exact) mass is 280 g/mol. The summed E-state index contributed by atoms with van der Waals surface area (Å²) in [5.41, 5.74) is 1.91. The highest BCUT2D eigenvalue weighted by molar-refractivity contribution is 7.08. The number of carbonyl (C=O) groups is 1. The van der Waals surface area contributed by atoms with E-state index in [1.54, 1.807) is 11.3 Å². The highest BCUT2D eigenvalue weighted by Crippen LogP contribution is 2.43. The number of ether oxygens (including phenoxy) is 1. The number of hydrogen-bond donors (Lipinski definition) is 2. The molecule has 104 valence electrons. The Kier molecular flexibility index (Phi) is 3.50. The number of thiophene rings is 1. The number of nitrogens with one attached hydrogen (secondary N) is 2. The lowest BCUT2D eigenvalue weighted by molar-refractivity contribution is -0.0119. The first-order valence-electron chi connectivity index (χ1n) is 6.93. The maximum atomic E-state index is 12.1. The molecule has 1 atom stereocenters. The second-order valence-corrected chi connectivity index (χ2v) is 6.30. The zero-order valence-corrected chi connectivity index (χ0v) is 12.0. The summed E-state index contributed by atoms with van der Waals surface area (Å²) in [5, 5.41) is 10.1. The molecule has 2 heterocycles. The van der Waals surface area contributed by atoms with Gasteiger partial charge in [-0.25, -0.2) is 4.79 Å². The van der Waals surface area contributed by atoms with Crippen LogP contribution in [0, 0.1) is 6.92 Å². The van der Waals surface area contributed by atoms with E-state index in [1.807, 2.05) is 17.7 Å². The van der Waals surface area contributed by atoms with E-state index in [9.17, 15) is 4.79 Å². The van der Waals surface area contributed by atoms with E-state index in [0.717, 1.165) is 43.5 Å². The second kappa shape index (κ2) is 5.13. The molecule has 1 aromatic rings. The third kappa shape index (κ3) is 2.77. The minimum atomic E-state index is -0.104. The molecule has 0 bridgehead atoms.